The number of carbonyl (C=O) groups excluding carboxylic acids is 1. The minimum atomic E-state index is -4.55. The van der Waals surface area contributed by atoms with Gasteiger partial charge in [-0.25, -0.2) is 0 Å². The van der Waals surface area contributed by atoms with Crippen LogP contribution in [0, 0.1) is 11.8 Å². The third-order valence-electron chi connectivity index (χ3n) is 4.64. The van der Waals surface area contributed by atoms with Crippen molar-refractivity contribution >= 4 is 5.91 Å². The van der Waals surface area contributed by atoms with E-state index in [1.807, 2.05) is 33.8 Å². The first kappa shape index (κ1) is 18.8. The molecule has 0 aliphatic carbocycles. The highest BCUT2D eigenvalue weighted by Crippen LogP contribution is 2.51. The van der Waals surface area contributed by atoms with Crippen molar-refractivity contribution in [3.05, 3.63) is 35.9 Å². The number of aliphatic hydroxyl groups is 1. The summed E-state index contributed by atoms with van der Waals surface area (Å²) in [6, 6.07) is 7.54. The Labute approximate surface area is 140 Å². The average molecular weight is 343 g/mol. The normalized spacial score (nSPS) is 27.5. The fourth-order valence-corrected chi connectivity index (χ4v) is 3.97. The van der Waals surface area contributed by atoms with Gasteiger partial charge < -0.3 is 10.0 Å². The van der Waals surface area contributed by atoms with Crippen molar-refractivity contribution in [2.24, 2.45) is 11.8 Å². The maximum Gasteiger partial charge on any atom is 0.397 e. The van der Waals surface area contributed by atoms with E-state index >= 15 is 0 Å². The standard InChI is InChI=1S/C18H24F3NO2/c1-11(2)15-18(24,13-8-6-5-7-9-13)16(12(3)4)22(15)14(23)10-17(19,20)21/h5-9,11-12,15-16,24H,10H2,1-4H3. The van der Waals surface area contributed by atoms with Gasteiger partial charge in [0.05, 0.1) is 12.1 Å². The second-order valence-electron chi connectivity index (χ2n) is 7.16. The second-order valence-corrected chi connectivity index (χ2v) is 7.16. The van der Waals surface area contributed by atoms with E-state index in [9.17, 15) is 23.1 Å². The molecule has 1 saturated heterocycles. The van der Waals surface area contributed by atoms with Crippen molar-refractivity contribution in [3.8, 4) is 0 Å². The molecule has 1 heterocycles. The summed E-state index contributed by atoms with van der Waals surface area (Å²) in [4.78, 5) is 13.5. The summed E-state index contributed by atoms with van der Waals surface area (Å²) in [6.07, 6.45) is -6.05. The molecule has 3 nitrogen and oxygen atoms in total. The molecule has 6 heteroatoms. The summed E-state index contributed by atoms with van der Waals surface area (Å²) in [5.74, 6) is -1.33. The summed E-state index contributed by atoms with van der Waals surface area (Å²) >= 11 is 0. The number of halogens is 3. The van der Waals surface area contributed by atoms with Crippen LogP contribution in [0.3, 0.4) is 0 Å². The van der Waals surface area contributed by atoms with Crippen LogP contribution in [0.2, 0.25) is 0 Å². The van der Waals surface area contributed by atoms with E-state index in [1.165, 1.54) is 4.90 Å². The number of benzene rings is 1. The van der Waals surface area contributed by atoms with Gasteiger partial charge in [-0.3, -0.25) is 4.79 Å². The molecule has 1 amide bonds. The van der Waals surface area contributed by atoms with Gasteiger partial charge in [0.2, 0.25) is 5.91 Å². The number of rotatable bonds is 4. The molecule has 0 radical (unpaired) electrons. The Bertz CT molecular complexity index is 568. The quantitative estimate of drug-likeness (QED) is 0.905. The highest BCUT2D eigenvalue weighted by Gasteiger charge is 2.64. The lowest BCUT2D eigenvalue weighted by molar-refractivity contribution is -0.240. The number of hydrogen-bond donors (Lipinski definition) is 1. The van der Waals surface area contributed by atoms with Gasteiger partial charge in [-0.1, -0.05) is 58.0 Å². The molecule has 2 atom stereocenters. The molecule has 1 aromatic carbocycles. The van der Waals surface area contributed by atoms with E-state index in [-0.39, 0.29) is 11.8 Å². The van der Waals surface area contributed by atoms with Crippen molar-refractivity contribution in [1.82, 2.24) is 4.90 Å². The van der Waals surface area contributed by atoms with E-state index in [0.717, 1.165) is 0 Å². The highest BCUT2D eigenvalue weighted by atomic mass is 19.4. The highest BCUT2D eigenvalue weighted by molar-refractivity contribution is 5.79. The molecule has 0 aromatic heterocycles. The number of alkyl halides is 3. The van der Waals surface area contributed by atoms with Crippen molar-refractivity contribution in [2.75, 3.05) is 0 Å². The van der Waals surface area contributed by atoms with Gasteiger partial charge in [-0.15, -0.1) is 0 Å². The first-order chi connectivity index (χ1) is 11.0. The van der Waals surface area contributed by atoms with Crippen LogP contribution in [0.25, 0.3) is 0 Å². The van der Waals surface area contributed by atoms with E-state index < -0.39 is 36.2 Å². The summed E-state index contributed by atoms with van der Waals surface area (Å²) < 4.78 is 38.1. The maximum atomic E-state index is 12.7. The first-order valence-electron chi connectivity index (χ1n) is 8.16. The molecule has 2 unspecified atom stereocenters. The third kappa shape index (κ3) is 3.16. The van der Waals surface area contributed by atoms with E-state index in [2.05, 4.69) is 0 Å². The summed E-state index contributed by atoms with van der Waals surface area (Å²) in [7, 11) is 0. The summed E-state index contributed by atoms with van der Waals surface area (Å²) in [6.45, 7) is 7.23. The molecule has 2 rings (SSSR count). The topological polar surface area (TPSA) is 40.5 Å². The Hall–Kier alpha value is -1.56. The SMILES string of the molecule is CC(C)C1N(C(=O)CC(F)(F)F)C(C(C)C)C1(O)c1ccccc1. The molecular weight excluding hydrogens is 319 g/mol. The molecule has 1 N–H and O–H groups in total. The lowest BCUT2D eigenvalue weighted by Crippen LogP contribution is -2.78. The van der Waals surface area contributed by atoms with Gasteiger partial charge >= 0.3 is 6.18 Å². The van der Waals surface area contributed by atoms with Crippen LogP contribution in [0.5, 0.6) is 0 Å². The number of hydrogen-bond acceptors (Lipinski definition) is 2. The largest absolute Gasteiger partial charge is 0.397 e. The molecule has 0 bridgehead atoms. The van der Waals surface area contributed by atoms with Crippen LogP contribution >= 0.6 is 0 Å². The second kappa shape index (κ2) is 6.39. The molecular formula is C18H24F3NO2. The van der Waals surface area contributed by atoms with Gasteiger partial charge in [-0.2, -0.15) is 13.2 Å². The van der Waals surface area contributed by atoms with Gasteiger partial charge in [0, 0.05) is 0 Å². The van der Waals surface area contributed by atoms with Crippen LogP contribution < -0.4 is 0 Å². The summed E-state index contributed by atoms with van der Waals surface area (Å²) in [5.41, 5.74) is -0.705. The number of likely N-dealkylation sites (tertiary alicyclic amines) is 1. The Balaban J connectivity index is 2.44. The summed E-state index contributed by atoms with van der Waals surface area (Å²) in [5, 5.41) is 11.4. The Kier molecular flexibility index (Phi) is 5.00. The predicted octanol–water partition coefficient (Wildman–Crippen LogP) is 3.72. The van der Waals surface area contributed by atoms with Crippen molar-refractivity contribution < 1.29 is 23.1 Å². The predicted molar refractivity (Wildman–Crippen MR) is 85.1 cm³/mol. The Morgan fingerprint density at radius 1 is 1.12 bits per heavy atom. The van der Waals surface area contributed by atoms with Crippen LogP contribution in [-0.4, -0.2) is 34.2 Å². The van der Waals surface area contributed by atoms with Crippen molar-refractivity contribution in [3.63, 3.8) is 0 Å². The Morgan fingerprint density at radius 2 is 1.58 bits per heavy atom. The van der Waals surface area contributed by atoms with E-state index in [4.69, 9.17) is 0 Å². The molecule has 134 valence electrons. The number of amides is 1. The fraction of sp³-hybridized carbons (Fsp3) is 0.611. The van der Waals surface area contributed by atoms with E-state index in [1.54, 1.807) is 24.3 Å². The van der Waals surface area contributed by atoms with Gasteiger partial charge in [0.25, 0.3) is 0 Å². The van der Waals surface area contributed by atoms with Crippen LogP contribution in [0.4, 0.5) is 13.2 Å². The van der Waals surface area contributed by atoms with Crippen LogP contribution in [-0.2, 0) is 10.4 Å². The first-order valence-corrected chi connectivity index (χ1v) is 8.16. The Morgan fingerprint density at radius 3 is 1.96 bits per heavy atom. The zero-order valence-electron chi connectivity index (χ0n) is 14.3. The monoisotopic (exact) mass is 343 g/mol. The number of carbonyl (C=O) groups is 1. The molecule has 0 spiro atoms. The van der Waals surface area contributed by atoms with Crippen molar-refractivity contribution in [1.29, 1.82) is 0 Å². The maximum absolute atomic E-state index is 12.7. The zero-order valence-corrected chi connectivity index (χ0v) is 14.3. The molecule has 1 aliphatic rings. The zero-order chi connectivity index (χ0) is 18.3. The molecule has 1 aromatic rings. The lowest BCUT2D eigenvalue weighted by Gasteiger charge is -2.64. The average Bonchev–Trinajstić information content (AvgIpc) is 2.42. The minimum absolute atomic E-state index is 0.178. The van der Waals surface area contributed by atoms with Crippen LogP contribution in [0.1, 0.15) is 39.7 Å². The third-order valence-corrected chi connectivity index (χ3v) is 4.64. The van der Waals surface area contributed by atoms with Gasteiger partial charge in [0.1, 0.15) is 12.0 Å². The van der Waals surface area contributed by atoms with Crippen molar-refractivity contribution in [2.45, 2.75) is 58.0 Å². The number of nitrogens with zero attached hydrogens (tertiary/aromatic N) is 1. The molecule has 0 saturated carbocycles. The smallest absolute Gasteiger partial charge is 0.381 e. The molecule has 24 heavy (non-hydrogen) atoms. The van der Waals surface area contributed by atoms with Gasteiger partial charge in [0.15, 0.2) is 0 Å². The molecule has 1 fully saturated rings. The van der Waals surface area contributed by atoms with E-state index in [0.29, 0.717) is 5.56 Å². The molecule has 1 aliphatic heterocycles. The fourth-order valence-electron chi connectivity index (χ4n) is 3.97. The minimum Gasteiger partial charge on any atom is -0.381 e. The lowest BCUT2D eigenvalue weighted by atomic mass is 9.63. The van der Waals surface area contributed by atoms with Gasteiger partial charge in [-0.05, 0) is 17.4 Å². The van der Waals surface area contributed by atoms with Crippen LogP contribution in [0.15, 0.2) is 30.3 Å².